The molecule has 1 aliphatic heterocycles. The summed E-state index contributed by atoms with van der Waals surface area (Å²) in [4.78, 5) is 21.9. The van der Waals surface area contributed by atoms with Crippen LogP contribution >= 0.6 is 11.3 Å². The molecule has 2 heterocycles. The number of carbonyl (C=O) groups is 1. The Morgan fingerprint density at radius 3 is 2.48 bits per heavy atom. The monoisotopic (exact) mass is 380 g/mol. The number of carbonyl (C=O) groups excluding carboxylic acids is 1. The lowest BCUT2D eigenvalue weighted by Crippen LogP contribution is -2.44. The first-order valence-electron chi connectivity index (χ1n) is 9.22. The zero-order chi connectivity index (χ0) is 19.0. The number of anilines is 2. The highest BCUT2D eigenvalue weighted by atomic mass is 32.1. The average molecular weight is 381 g/mol. The van der Waals surface area contributed by atoms with Crippen LogP contribution in [0.15, 0.2) is 36.4 Å². The van der Waals surface area contributed by atoms with Crippen molar-refractivity contribution in [1.82, 2.24) is 9.88 Å². The van der Waals surface area contributed by atoms with Crippen LogP contribution in [0.1, 0.15) is 21.5 Å². The summed E-state index contributed by atoms with van der Waals surface area (Å²) in [7, 11) is 2.15. The Hall–Kier alpha value is -2.44. The summed E-state index contributed by atoms with van der Waals surface area (Å²) in [5.41, 5.74) is 5.14. The second-order valence-electron chi connectivity index (χ2n) is 7.24. The number of amides is 1. The SMILES string of the molecule is Cc1cc(C)c2nc(NC(=O)c3ccc(N4CCN(C)CC4)cc3)sc2c1. The molecule has 2 aromatic carbocycles. The van der Waals surface area contributed by atoms with Gasteiger partial charge in [-0.25, -0.2) is 4.98 Å². The second-order valence-corrected chi connectivity index (χ2v) is 8.27. The highest BCUT2D eigenvalue weighted by molar-refractivity contribution is 7.22. The molecule has 1 fully saturated rings. The number of nitrogens with one attached hydrogen (secondary N) is 1. The summed E-state index contributed by atoms with van der Waals surface area (Å²) >= 11 is 1.52. The number of hydrogen-bond donors (Lipinski definition) is 1. The molecule has 0 aliphatic carbocycles. The molecule has 1 aliphatic rings. The summed E-state index contributed by atoms with van der Waals surface area (Å²) in [6.45, 7) is 8.31. The molecule has 27 heavy (non-hydrogen) atoms. The number of fused-ring (bicyclic) bond motifs is 1. The minimum Gasteiger partial charge on any atom is -0.369 e. The van der Waals surface area contributed by atoms with E-state index in [1.165, 1.54) is 22.6 Å². The van der Waals surface area contributed by atoms with Gasteiger partial charge < -0.3 is 9.80 Å². The number of benzene rings is 2. The van der Waals surface area contributed by atoms with E-state index in [1.807, 2.05) is 24.3 Å². The van der Waals surface area contributed by atoms with Crippen molar-refractivity contribution in [2.75, 3.05) is 43.4 Å². The summed E-state index contributed by atoms with van der Waals surface area (Å²) in [5, 5.41) is 3.59. The van der Waals surface area contributed by atoms with E-state index in [9.17, 15) is 4.79 Å². The van der Waals surface area contributed by atoms with Gasteiger partial charge in [-0.1, -0.05) is 17.4 Å². The van der Waals surface area contributed by atoms with Gasteiger partial charge in [0.05, 0.1) is 10.2 Å². The Morgan fingerprint density at radius 1 is 1.07 bits per heavy atom. The number of thiazole rings is 1. The first-order chi connectivity index (χ1) is 13.0. The molecule has 1 saturated heterocycles. The van der Waals surface area contributed by atoms with E-state index in [-0.39, 0.29) is 5.91 Å². The van der Waals surface area contributed by atoms with Gasteiger partial charge in [-0.2, -0.15) is 0 Å². The summed E-state index contributed by atoms with van der Waals surface area (Å²) in [5.74, 6) is -0.117. The summed E-state index contributed by atoms with van der Waals surface area (Å²) < 4.78 is 1.10. The minimum atomic E-state index is -0.117. The van der Waals surface area contributed by atoms with Gasteiger partial charge in [0.1, 0.15) is 0 Å². The van der Waals surface area contributed by atoms with E-state index in [1.54, 1.807) is 0 Å². The van der Waals surface area contributed by atoms with E-state index in [0.29, 0.717) is 10.7 Å². The van der Waals surface area contributed by atoms with Crippen molar-refractivity contribution in [3.63, 3.8) is 0 Å². The fourth-order valence-corrected chi connectivity index (χ4v) is 4.52. The molecular weight excluding hydrogens is 356 g/mol. The highest BCUT2D eigenvalue weighted by Crippen LogP contribution is 2.29. The van der Waals surface area contributed by atoms with Crippen LogP contribution in [-0.2, 0) is 0 Å². The van der Waals surface area contributed by atoms with E-state index in [2.05, 4.69) is 53.1 Å². The lowest BCUT2D eigenvalue weighted by Gasteiger charge is -2.34. The lowest BCUT2D eigenvalue weighted by molar-refractivity contribution is 0.102. The number of nitrogens with zero attached hydrogens (tertiary/aromatic N) is 3. The smallest absolute Gasteiger partial charge is 0.257 e. The highest BCUT2D eigenvalue weighted by Gasteiger charge is 2.15. The molecule has 6 heteroatoms. The topological polar surface area (TPSA) is 48.5 Å². The molecule has 3 aromatic rings. The molecular formula is C21H24N4OS. The van der Waals surface area contributed by atoms with Crippen molar-refractivity contribution >= 4 is 38.3 Å². The van der Waals surface area contributed by atoms with Crippen LogP contribution in [0, 0.1) is 13.8 Å². The third-order valence-electron chi connectivity index (χ3n) is 5.05. The average Bonchev–Trinajstić information content (AvgIpc) is 3.05. The predicted octanol–water partition coefficient (Wildman–Crippen LogP) is 3.92. The maximum Gasteiger partial charge on any atom is 0.257 e. The maximum absolute atomic E-state index is 12.6. The zero-order valence-corrected chi connectivity index (χ0v) is 16.8. The van der Waals surface area contributed by atoms with Crippen LogP contribution in [-0.4, -0.2) is 49.0 Å². The minimum absolute atomic E-state index is 0.117. The summed E-state index contributed by atoms with van der Waals surface area (Å²) in [6.07, 6.45) is 0. The van der Waals surface area contributed by atoms with E-state index >= 15 is 0 Å². The van der Waals surface area contributed by atoms with Gasteiger partial charge in [-0.05, 0) is 62.4 Å². The van der Waals surface area contributed by atoms with Crippen LogP contribution in [0.3, 0.4) is 0 Å². The van der Waals surface area contributed by atoms with Gasteiger partial charge in [0.25, 0.3) is 5.91 Å². The standard InChI is InChI=1S/C21H24N4OS/c1-14-12-15(2)19-18(13-14)27-21(22-19)23-20(26)16-4-6-17(7-5-16)25-10-8-24(3)9-11-25/h4-7,12-13H,8-11H2,1-3H3,(H,22,23,26). The molecule has 1 N–H and O–H groups in total. The first-order valence-corrected chi connectivity index (χ1v) is 10.0. The van der Waals surface area contributed by atoms with E-state index in [4.69, 9.17) is 0 Å². The van der Waals surface area contributed by atoms with E-state index < -0.39 is 0 Å². The van der Waals surface area contributed by atoms with Gasteiger partial charge in [0, 0.05) is 37.4 Å². The molecule has 0 unspecified atom stereocenters. The van der Waals surface area contributed by atoms with Crippen LogP contribution in [0.25, 0.3) is 10.2 Å². The van der Waals surface area contributed by atoms with Crippen LogP contribution in [0.5, 0.6) is 0 Å². The Balaban J connectivity index is 1.47. The second kappa shape index (κ2) is 7.29. The van der Waals surface area contributed by atoms with Gasteiger partial charge in [-0.15, -0.1) is 0 Å². The van der Waals surface area contributed by atoms with E-state index in [0.717, 1.165) is 42.0 Å². The van der Waals surface area contributed by atoms with Gasteiger partial charge in [0.15, 0.2) is 5.13 Å². The number of rotatable bonds is 3. The third kappa shape index (κ3) is 3.82. The Bertz CT molecular complexity index is 972. The number of aryl methyl sites for hydroxylation is 2. The van der Waals surface area contributed by atoms with Crippen molar-refractivity contribution < 1.29 is 4.79 Å². The predicted molar refractivity (Wildman–Crippen MR) is 113 cm³/mol. The van der Waals surface area contributed by atoms with Crippen LogP contribution in [0.4, 0.5) is 10.8 Å². The Kier molecular flexibility index (Phi) is 4.85. The number of piperazine rings is 1. The molecule has 0 spiro atoms. The van der Waals surface area contributed by atoms with Gasteiger partial charge in [-0.3, -0.25) is 10.1 Å². The largest absolute Gasteiger partial charge is 0.369 e. The van der Waals surface area contributed by atoms with Crippen molar-refractivity contribution in [3.8, 4) is 0 Å². The number of likely N-dealkylation sites (N-methyl/N-ethyl adjacent to an activating group) is 1. The Morgan fingerprint density at radius 2 is 1.78 bits per heavy atom. The maximum atomic E-state index is 12.6. The molecule has 4 rings (SSSR count). The molecule has 0 saturated carbocycles. The third-order valence-corrected chi connectivity index (χ3v) is 5.97. The summed E-state index contributed by atoms with van der Waals surface area (Å²) in [6, 6.07) is 12.1. The lowest BCUT2D eigenvalue weighted by atomic mass is 10.1. The van der Waals surface area contributed by atoms with Gasteiger partial charge in [0.2, 0.25) is 0 Å². The van der Waals surface area contributed by atoms with Crippen molar-refractivity contribution in [2.24, 2.45) is 0 Å². The molecule has 5 nitrogen and oxygen atoms in total. The molecule has 140 valence electrons. The zero-order valence-electron chi connectivity index (χ0n) is 16.0. The molecule has 0 radical (unpaired) electrons. The number of hydrogen-bond acceptors (Lipinski definition) is 5. The van der Waals surface area contributed by atoms with Crippen molar-refractivity contribution in [3.05, 3.63) is 53.1 Å². The number of aromatic nitrogens is 1. The Labute approximate surface area is 163 Å². The molecule has 1 amide bonds. The van der Waals surface area contributed by atoms with Crippen molar-refractivity contribution in [2.45, 2.75) is 13.8 Å². The molecule has 1 aromatic heterocycles. The van der Waals surface area contributed by atoms with Crippen LogP contribution < -0.4 is 10.2 Å². The quantitative estimate of drug-likeness (QED) is 0.748. The molecule has 0 atom stereocenters. The van der Waals surface area contributed by atoms with Crippen LogP contribution in [0.2, 0.25) is 0 Å². The fourth-order valence-electron chi connectivity index (χ4n) is 3.48. The molecule has 0 bridgehead atoms. The van der Waals surface area contributed by atoms with Gasteiger partial charge >= 0.3 is 0 Å². The normalized spacial score (nSPS) is 15.3. The fraction of sp³-hybridized carbons (Fsp3) is 0.333. The first kappa shape index (κ1) is 17.9. The van der Waals surface area contributed by atoms with Crippen molar-refractivity contribution in [1.29, 1.82) is 0 Å².